The van der Waals surface area contributed by atoms with Crippen LogP contribution in [0.25, 0.3) is 11.0 Å². The van der Waals surface area contributed by atoms with Crippen molar-refractivity contribution in [1.29, 1.82) is 0 Å². The molecule has 3 aromatic carbocycles. The number of hydrogen-bond donors (Lipinski definition) is 2. The standard InChI is InChI=1S/C26H20F3N5O3.2H2/c27-17-7-16(8-20(11-17)31-26(36)32-21-12-18(28)10-19(29)13-21)25(35)15-1-2-22-23(9-15)33-24(14-30-22)34-3-5-37-6-4-34;;/h1-2,7-14H,3-6H2,(H2,31,32,36);2*1H. The first-order valence-corrected chi connectivity index (χ1v) is 11.3. The summed E-state index contributed by atoms with van der Waals surface area (Å²) in [6.07, 6.45) is 1.67. The molecule has 1 fully saturated rings. The largest absolute Gasteiger partial charge is 0.378 e. The van der Waals surface area contributed by atoms with Crippen LogP contribution in [0.4, 0.5) is 35.2 Å². The van der Waals surface area contributed by atoms with Gasteiger partial charge in [-0.05, 0) is 48.5 Å². The van der Waals surface area contributed by atoms with E-state index in [1.54, 1.807) is 24.4 Å². The first-order valence-electron chi connectivity index (χ1n) is 11.3. The van der Waals surface area contributed by atoms with Crippen molar-refractivity contribution in [2.75, 3.05) is 41.8 Å². The van der Waals surface area contributed by atoms with Gasteiger partial charge in [-0.15, -0.1) is 0 Å². The monoisotopic (exact) mass is 511 g/mol. The predicted octanol–water partition coefficient (Wildman–Crippen LogP) is 5.25. The highest BCUT2D eigenvalue weighted by molar-refractivity contribution is 6.11. The van der Waals surface area contributed by atoms with Gasteiger partial charge in [0.2, 0.25) is 0 Å². The van der Waals surface area contributed by atoms with Crippen molar-refractivity contribution in [1.82, 2.24) is 9.97 Å². The summed E-state index contributed by atoms with van der Waals surface area (Å²) in [5, 5.41) is 4.62. The molecular weight excluding hydrogens is 487 g/mol. The highest BCUT2D eigenvalue weighted by atomic mass is 19.1. The van der Waals surface area contributed by atoms with Crippen LogP contribution in [0.1, 0.15) is 18.8 Å². The zero-order valence-electron chi connectivity index (χ0n) is 19.3. The molecule has 0 unspecified atom stereocenters. The Balaban J connectivity index is 0.00000210. The van der Waals surface area contributed by atoms with Crippen LogP contribution in [0.5, 0.6) is 0 Å². The number of carbonyl (C=O) groups is 2. The number of ketones is 1. The number of urea groups is 1. The lowest BCUT2D eigenvalue weighted by molar-refractivity contribution is 0.103. The minimum atomic E-state index is -0.870. The molecule has 0 radical (unpaired) electrons. The van der Waals surface area contributed by atoms with Gasteiger partial charge < -0.3 is 20.3 Å². The fourth-order valence-corrected chi connectivity index (χ4v) is 3.97. The molecule has 0 spiro atoms. The van der Waals surface area contributed by atoms with Crippen molar-refractivity contribution in [2.45, 2.75) is 0 Å². The first kappa shape index (κ1) is 24.2. The fraction of sp³-hybridized carbons (Fsp3) is 0.154. The average molecular weight is 512 g/mol. The molecule has 2 N–H and O–H groups in total. The van der Waals surface area contributed by atoms with Crippen molar-refractivity contribution < 1.29 is 30.4 Å². The van der Waals surface area contributed by atoms with Crippen LogP contribution in [-0.2, 0) is 4.74 Å². The predicted molar refractivity (Wildman–Crippen MR) is 136 cm³/mol. The van der Waals surface area contributed by atoms with Gasteiger partial charge in [0.1, 0.15) is 23.3 Å². The summed E-state index contributed by atoms with van der Waals surface area (Å²) in [6, 6.07) is 9.82. The minimum absolute atomic E-state index is 0. The SMILES string of the molecule is O=C(Nc1cc(F)cc(F)c1)Nc1cc(F)cc(C(=O)c2ccc3ncc(N4CCOCC4)nc3c2)c1.[HH].[HH]. The minimum Gasteiger partial charge on any atom is -0.378 e. The number of hydrogen-bond acceptors (Lipinski definition) is 6. The number of nitrogens with zero attached hydrogens (tertiary/aromatic N) is 3. The van der Waals surface area contributed by atoms with Gasteiger partial charge in [0, 0.05) is 44.5 Å². The summed E-state index contributed by atoms with van der Waals surface area (Å²) < 4.78 is 46.4. The number of benzene rings is 3. The topological polar surface area (TPSA) is 96.5 Å². The number of ether oxygens (including phenoxy) is 1. The average Bonchev–Trinajstić information content (AvgIpc) is 2.87. The zero-order chi connectivity index (χ0) is 25.9. The quantitative estimate of drug-likeness (QED) is 0.355. The summed E-state index contributed by atoms with van der Waals surface area (Å²) in [4.78, 5) is 36.5. The van der Waals surface area contributed by atoms with E-state index in [0.29, 0.717) is 49.2 Å². The molecule has 0 atom stereocenters. The molecule has 0 bridgehead atoms. The maximum Gasteiger partial charge on any atom is 0.323 e. The lowest BCUT2D eigenvalue weighted by Crippen LogP contribution is -2.36. The van der Waals surface area contributed by atoms with E-state index in [1.165, 1.54) is 6.07 Å². The number of nitrogens with one attached hydrogen (secondary N) is 2. The van der Waals surface area contributed by atoms with Crippen LogP contribution >= 0.6 is 0 Å². The van der Waals surface area contributed by atoms with Crippen LogP contribution in [0.2, 0.25) is 0 Å². The molecule has 1 saturated heterocycles. The van der Waals surface area contributed by atoms with Gasteiger partial charge in [-0.3, -0.25) is 9.78 Å². The number of fused-ring (bicyclic) bond motifs is 1. The summed E-state index contributed by atoms with van der Waals surface area (Å²) in [6.45, 7) is 2.54. The van der Waals surface area contributed by atoms with Crippen LogP contribution in [0.3, 0.4) is 0 Å². The molecule has 37 heavy (non-hydrogen) atoms. The van der Waals surface area contributed by atoms with Gasteiger partial charge in [-0.25, -0.2) is 22.9 Å². The number of rotatable bonds is 5. The fourth-order valence-electron chi connectivity index (χ4n) is 3.97. The van der Waals surface area contributed by atoms with Gasteiger partial charge in [-0.2, -0.15) is 0 Å². The molecular formula is C26H24F3N5O3. The molecule has 5 rings (SSSR count). The maximum absolute atomic E-state index is 14.3. The van der Waals surface area contributed by atoms with Crippen LogP contribution in [0.15, 0.2) is 60.8 Å². The Kier molecular flexibility index (Phi) is 6.69. The second-order valence-electron chi connectivity index (χ2n) is 8.33. The van der Waals surface area contributed by atoms with Crippen molar-refractivity contribution in [3.8, 4) is 0 Å². The summed E-state index contributed by atoms with van der Waals surface area (Å²) in [7, 11) is 0. The first-order chi connectivity index (χ1) is 17.8. The lowest BCUT2D eigenvalue weighted by Gasteiger charge is -2.27. The van der Waals surface area contributed by atoms with Crippen molar-refractivity contribution >= 4 is 40.0 Å². The second kappa shape index (κ2) is 10.2. The van der Waals surface area contributed by atoms with E-state index >= 15 is 0 Å². The summed E-state index contributed by atoms with van der Waals surface area (Å²) in [5.74, 6) is -2.32. The number of morpholine rings is 1. The third-order valence-electron chi connectivity index (χ3n) is 5.67. The number of anilines is 3. The third kappa shape index (κ3) is 5.67. The van der Waals surface area contributed by atoms with E-state index in [-0.39, 0.29) is 25.4 Å². The molecule has 2 amide bonds. The molecule has 192 valence electrons. The molecule has 2 heterocycles. The van der Waals surface area contributed by atoms with Crippen LogP contribution in [-0.4, -0.2) is 48.1 Å². The van der Waals surface area contributed by atoms with E-state index < -0.39 is 29.3 Å². The Labute approximate surface area is 212 Å². The Hall–Kier alpha value is -4.51. The molecule has 1 aromatic heterocycles. The Bertz CT molecular complexity index is 1500. The Morgan fingerprint density at radius 1 is 0.811 bits per heavy atom. The third-order valence-corrected chi connectivity index (χ3v) is 5.67. The number of halogens is 3. The number of amides is 2. The van der Waals surface area contributed by atoms with Gasteiger partial charge in [0.05, 0.1) is 30.4 Å². The molecule has 1 aliphatic rings. The highest BCUT2D eigenvalue weighted by Gasteiger charge is 2.17. The van der Waals surface area contributed by atoms with E-state index in [4.69, 9.17) is 4.74 Å². The number of aromatic nitrogens is 2. The van der Waals surface area contributed by atoms with E-state index in [2.05, 4.69) is 20.6 Å². The van der Waals surface area contributed by atoms with E-state index in [9.17, 15) is 22.8 Å². The van der Waals surface area contributed by atoms with Gasteiger partial charge in [0.15, 0.2) is 5.78 Å². The smallest absolute Gasteiger partial charge is 0.323 e. The van der Waals surface area contributed by atoms with Gasteiger partial charge in [-0.1, -0.05) is 0 Å². The second-order valence-corrected chi connectivity index (χ2v) is 8.33. The molecule has 8 nitrogen and oxygen atoms in total. The van der Waals surface area contributed by atoms with E-state index in [1.807, 2.05) is 4.90 Å². The Morgan fingerprint density at radius 3 is 2.16 bits per heavy atom. The van der Waals surface area contributed by atoms with Gasteiger partial charge in [0.25, 0.3) is 0 Å². The normalized spacial score (nSPS) is 13.4. The molecule has 1 aliphatic heterocycles. The molecule has 0 saturated carbocycles. The molecule has 11 heteroatoms. The van der Waals surface area contributed by atoms with Crippen molar-refractivity contribution in [3.63, 3.8) is 0 Å². The maximum atomic E-state index is 14.3. The van der Waals surface area contributed by atoms with Crippen molar-refractivity contribution in [3.05, 3.63) is 89.4 Å². The highest BCUT2D eigenvalue weighted by Crippen LogP contribution is 2.22. The van der Waals surface area contributed by atoms with Crippen LogP contribution < -0.4 is 15.5 Å². The van der Waals surface area contributed by atoms with Crippen LogP contribution in [0, 0.1) is 17.5 Å². The zero-order valence-corrected chi connectivity index (χ0v) is 19.3. The molecule has 0 aliphatic carbocycles. The van der Waals surface area contributed by atoms with Gasteiger partial charge >= 0.3 is 6.03 Å². The summed E-state index contributed by atoms with van der Waals surface area (Å²) in [5.41, 5.74) is 1.21. The number of carbonyl (C=O) groups excluding carboxylic acids is 2. The molecule has 4 aromatic rings. The lowest BCUT2D eigenvalue weighted by atomic mass is 10.0. The summed E-state index contributed by atoms with van der Waals surface area (Å²) >= 11 is 0. The Morgan fingerprint density at radius 2 is 1.46 bits per heavy atom. The van der Waals surface area contributed by atoms with Crippen molar-refractivity contribution in [2.24, 2.45) is 0 Å². The van der Waals surface area contributed by atoms with E-state index in [0.717, 1.165) is 24.3 Å².